The van der Waals surface area contributed by atoms with Crippen molar-refractivity contribution in [1.82, 2.24) is 14.8 Å². The third-order valence-corrected chi connectivity index (χ3v) is 7.12. The first-order valence-electron chi connectivity index (χ1n) is 10.7. The van der Waals surface area contributed by atoms with Crippen LogP contribution in [0.1, 0.15) is 32.0 Å². The van der Waals surface area contributed by atoms with Gasteiger partial charge in [0.05, 0.1) is 41.9 Å². The van der Waals surface area contributed by atoms with Crippen molar-refractivity contribution in [2.24, 2.45) is 5.92 Å². The molecule has 3 heterocycles. The van der Waals surface area contributed by atoms with Gasteiger partial charge < -0.3 is 14.4 Å². The highest BCUT2D eigenvalue weighted by molar-refractivity contribution is 7.13. The third-order valence-electron chi connectivity index (χ3n) is 6.03. The molecule has 2 aromatic rings. The quantitative estimate of drug-likeness (QED) is 0.357. The molecule has 1 aromatic heterocycles. The van der Waals surface area contributed by atoms with E-state index >= 15 is 0 Å². The SMILES string of the molecule is COc1ccccc1C1C(C(=O)c2sc(C)nc2C)C(=O)C(=O)N1CCN1CCOCC1. The Hall–Kier alpha value is -2.62. The van der Waals surface area contributed by atoms with Crippen molar-refractivity contribution in [3.8, 4) is 5.75 Å². The Morgan fingerprint density at radius 1 is 1.19 bits per heavy atom. The maximum Gasteiger partial charge on any atom is 0.291 e. The Labute approximate surface area is 191 Å². The first kappa shape index (κ1) is 22.6. The molecule has 1 aromatic carbocycles. The lowest BCUT2D eigenvalue weighted by Gasteiger charge is -2.32. The molecule has 0 aliphatic carbocycles. The lowest BCUT2D eigenvalue weighted by atomic mass is 9.88. The number of hydrogen-bond donors (Lipinski definition) is 0. The summed E-state index contributed by atoms with van der Waals surface area (Å²) in [5.41, 5.74) is 1.25. The fourth-order valence-electron chi connectivity index (χ4n) is 4.46. The highest BCUT2D eigenvalue weighted by Gasteiger charge is 2.52. The molecule has 4 rings (SSSR count). The number of amides is 1. The topological polar surface area (TPSA) is 89.0 Å². The number of carbonyl (C=O) groups is 3. The maximum absolute atomic E-state index is 13.6. The highest BCUT2D eigenvalue weighted by Crippen LogP contribution is 2.42. The van der Waals surface area contributed by atoms with Gasteiger partial charge in [0.1, 0.15) is 11.7 Å². The van der Waals surface area contributed by atoms with E-state index in [0.717, 1.165) is 18.1 Å². The van der Waals surface area contributed by atoms with E-state index in [1.165, 1.54) is 11.3 Å². The van der Waals surface area contributed by atoms with Crippen LogP contribution in [0.2, 0.25) is 0 Å². The van der Waals surface area contributed by atoms with Gasteiger partial charge in [-0.05, 0) is 19.9 Å². The second-order valence-corrected chi connectivity index (χ2v) is 9.20. The van der Waals surface area contributed by atoms with Crippen LogP contribution in [0.5, 0.6) is 5.75 Å². The van der Waals surface area contributed by atoms with E-state index in [1.807, 2.05) is 25.1 Å². The average Bonchev–Trinajstić information content (AvgIpc) is 3.27. The van der Waals surface area contributed by atoms with Gasteiger partial charge in [-0.1, -0.05) is 18.2 Å². The molecule has 0 saturated carbocycles. The zero-order valence-corrected chi connectivity index (χ0v) is 19.3. The summed E-state index contributed by atoms with van der Waals surface area (Å²) in [6.07, 6.45) is 0. The molecule has 2 aliphatic rings. The summed E-state index contributed by atoms with van der Waals surface area (Å²) in [5.74, 6) is -2.21. The predicted octanol–water partition coefficient (Wildman–Crippen LogP) is 2.05. The second-order valence-electron chi connectivity index (χ2n) is 7.99. The van der Waals surface area contributed by atoms with E-state index < -0.39 is 23.7 Å². The number of likely N-dealkylation sites (tertiary alicyclic amines) is 1. The monoisotopic (exact) mass is 457 g/mol. The van der Waals surface area contributed by atoms with Gasteiger partial charge in [0.15, 0.2) is 5.78 Å². The van der Waals surface area contributed by atoms with Crippen LogP contribution in [0.25, 0.3) is 0 Å². The molecular formula is C23H27N3O5S. The van der Waals surface area contributed by atoms with Gasteiger partial charge in [-0.25, -0.2) is 4.98 Å². The number of ketones is 2. The summed E-state index contributed by atoms with van der Waals surface area (Å²) in [4.78, 5) is 48.4. The van der Waals surface area contributed by atoms with Crippen LogP contribution in [0.15, 0.2) is 24.3 Å². The van der Waals surface area contributed by atoms with Crippen molar-refractivity contribution >= 4 is 28.8 Å². The van der Waals surface area contributed by atoms with E-state index in [4.69, 9.17) is 9.47 Å². The van der Waals surface area contributed by atoms with Gasteiger partial charge in [-0.2, -0.15) is 0 Å². The van der Waals surface area contributed by atoms with Crippen molar-refractivity contribution in [2.75, 3.05) is 46.5 Å². The standard InChI is InChI=1S/C23H27N3O5S/c1-14-22(32-15(2)24-14)20(27)18-19(16-6-4-5-7-17(16)30-3)26(23(29)21(18)28)9-8-25-10-12-31-13-11-25/h4-7,18-19H,8-13H2,1-3H3. The second kappa shape index (κ2) is 9.48. The van der Waals surface area contributed by atoms with Gasteiger partial charge in [-0.3, -0.25) is 19.3 Å². The molecule has 0 bridgehead atoms. The van der Waals surface area contributed by atoms with Crippen LogP contribution in [0.3, 0.4) is 0 Å². The van der Waals surface area contributed by atoms with Crippen molar-refractivity contribution < 1.29 is 23.9 Å². The van der Waals surface area contributed by atoms with Crippen molar-refractivity contribution in [3.05, 3.63) is 45.4 Å². The zero-order chi connectivity index (χ0) is 22.8. The number of Topliss-reactive ketones (excluding diaryl/α,β-unsaturated/α-hetero) is 2. The number of para-hydroxylation sites is 1. The van der Waals surface area contributed by atoms with E-state index in [9.17, 15) is 14.4 Å². The van der Waals surface area contributed by atoms with Crippen molar-refractivity contribution in [2.45, 2.75) is 19.9 Å². The average molecular weight is 458 g/mol. The molecule has 170 valence electrons. The molecule has 2 unspecified atom stereocenters. The Bertz CT molecular complexity index is 1030. The molecule has 0 N–H and O–H groups in total. The number of benzene rings is 1. The minimum absolute atomic E-state index is 0.345. The minimum Gasteiger partial charge on any atom is -0.496 e. The molecule has 0 spiro atoms. The lowest BCUT2D eigenvalue weighted by Crippen LogP contribution is -2.43. The van der Waals surface area contributed by atoms with Crippen LogP contribution < -0.4 is 4.74 Å². The van der Waals surface area contributed by atoms with Gasteiger partial charge in [0.2, 0.25) is 5.78 Å². The first-order chi connectivity index (χ1) is 15.4. The summed E-state index contributed by atoms with van der Waals surface area (Å²) in [7, 11) is 1.54. The van der Waals surface area contributed by atoms with Crippen LogP contribution in [0, 0.1) is 19.8 Å². The normalized spacial score (nSPS) is 21.9. The summed E-state index contributed by atoms with van der Waals surface area (Å²) in [6, 6.07) is 6.54. The number of carbonyl (C=O) groups excluding carboxylic acids is 3. The Morgan fingerprint density at radius 3 is 2.56 bits per heavy atom. The first-order valence-corrected chi connectivity index (χ1v) is 11.5. The number of rotatable bonds is 7. The Morgan fingerprint density at radius 2 is 1.91 bits per heavy atom. The summed E-state index contributed by atoms with van der Waals surface area (Å²) in [5, 5.41) is 0.751. The van der Waals surface area contributed by atoms with Crippen LogP contribution in [-0.4, -0.2) is 78.8 Å². The molecule has 9 heteroatoms. The summed E-state index contributed by atoms with van der Waals surface area (Å²) < 4.78 is 10.9. The summed E-state index contributed by atoms with van der Waals surface area (Å²) >= 11 is 1.26. The highest BCUT2D eigenvalue weighted by atomic mass is 32.1. The lowest BCUT2D eigenvalue weighted by molar-refractivity contribution is -0.141. The number of thiazole rings is 1. The smallest absolute Gasteiger partial charge is 0.291 e. The molecule has 0 radical (unpaired) electrons. The van der Waals surface area contributed by atoms with E-state index in [1.54, 1.807) is 25.0 Å². The number of aromatic nitrogens is 1. The van der Waals surface area contributed by atoms with Crippen molar-refractivity contribution in [3.63, 3.8) is 0 Å². The largest absolute Gasteiger partial charge is 0.496 e. The van der Waals surface area contributed by atoms with Crippen LogP contribution >= 0.6 is 11.3 Å². The van der Waals surface area contributed by atoms with Gasteiger partial charge in [-0.15, -0.1) is 11.3 Å². The number of nitrogens with zero attached hydrogens (tertiary/aromatic N) is 3. The van der Waals surface area contributed by atoms with E-state index in [-0.39, 0.29) is 5.78 Å². The van der Waals surface area contributed by atoms with E-state index in [0.29, 0.717) is 48.2 Å². The molecule has 2 saturated heterocycles. The molecule has 2 aliphatic heterocycles. The van der Waals surface area contributed by atoms with Crippen LogP contribution in [0.4, 0.5) is 0 Å². The molecule has 1 amide bonds. The van der Waals surface area contributed by atoms with Gasteiger partial charge in [0, 0.05) is 31.7 Å². The fourth-order valence-corrected chi connectivity index (χ4v) is 5.36. The number of hydrogen-bond acceptors (Lipinski definition) is 8. The van der Waals surface area contributed by atoms with Crippen molar-refractivity contribution in [1.29, 1.82) is 0 Å². The Kier molecular flexibility index (Phi) is 6.68. The molecule has 32 heavy (non-hydrogen) atoms. The minimum atomic E-state index is -1.12. The fraction of sp³-hybridized carbons (Fsp3) is 0.478. The Balaban J connectivity index is 1.72. The number of morpholine rings is 1. The zero-order valence-electron chi connectivity index (χ0n) is 18.5. The van der Waals surface area contributed by atoms with E-state index in [2.05, 4.69) is 9.88 Å². The van der Waals surface area contributed by atoms with Gasteiger partial charge in [0.25, 0.3) is 5.91 Å². The third kappa shape index (κ3) is 4.20. The predicted molar refractivity (Wildman–Crippen MR) is 119 cm³/mol. The summed E-state index contributed by atoms with van der Waals surface area (Å²) in [6.45, 7) is 7.37. The molecule has 2 atom stereocenters. The van der Waals surface area contributed by atoms with Crippen LogP contribution in [-0.2, 0) is 14.3 Å². The molecular weight excluding hydrogens is 430 g/mol. The number of aryl methyl sites for hydroxylation is 2. The molecule has 8 nitrogen and oxygen atoms in total. The van der Waals surface area contributed by atoms with Gasteiger partial charge >= 0.3 is 0 Å². The number of ether oxygens (including phenoxy) is 2. The maximum atomic E-state index is 13.6. The molecule has 2 fully saturated rings. The number of methoxy groups -OCH3 is 1.